The van der Waals surface area contributed by atoms with E-state index in [2.05, 4.69) is 42.7 Å². The van der Waals surface area contributed by atoms with Crippen molar-refractivity contribution in [2.75, 3.05) is 26.7 Å². The largest absolute Gasteiger partial charge is 0.332 e. The maximum Gasteiger partial charge on any atom is 0.280 e. The van der Waals surface area contributed by atoms with Gasteiger partial charge in [0, 0.05) is 31.2 Å². The zero-order valence-corrected chi connectivity index (χ0v) is 16.9. The fraction of sp³-hybridized carbons (Fsp3) is 0.316. The van der Waals surface area contributed by atoms with Crippen LogP contribution in [-0.4, -0.2) is 61.7 Å². The number of hydrogen-bond donors (Lipinski definition) is 1. The fourth-order valence-electron chi connectivity index (χ4n) is 3.53. The van der Waals surface area contributed by atoms with Crippen LogP contribution in [0.4, 0.5) is 0 Å². The second-order valence-electron chi connectivity index (χ2n) is 6.97. The summed E-state index contributed by atoms with van der Waals surface area (Å²) < 4.78 is 7.29. The van der Waals surface area contributed by atoms with Crippen LogP contribution in [0.1, 0.15) is 17.6 Å². The van der Waals surface area contributed by atoms with Crippen molar-refractivity contribution in [3.8, 4) is 17.3 Å². The minimum atomic E-state index is 0. The van der Waals surface area contributed by atoms with E-state index in [4.69, 9.17) is 4.52 Å². The lowest BCUT2D eigenvalue weighted by Crippen LogP contribution is -2.44. The van der Waals surface area contributed by atoms with Crippen LogP contribution in [0, 0.1) is 6.92 Å². The van der Waals surface area contributed by atoms with Crippen molar-refractivity contribution in [3.05, 3.63) is 48.0 Å². The Hall–Kier alpha value is -2.88. The van der Waals surface area contributed by atoms with Gasteiger partial charge in [0.25, 0.3) is 5.89 Å². The molecule has 3 aromatic heterocycles. The average molecular weight is 413 g/mol. The summed E-state index contributed by atoms with van der Waals surface area (Å²) in [5.41, 5.74) is 3.29. The molecule has 1 saturated heterocycles. The van der Waals surface area contributed by atoms with Gasteiger partial charge in [-0.1, -0.05) is 16.4 Å². The van der Waals surface area contributed by atoms with Gasteiger partial charge < -0.3 is 9.84 Å². The van der Waals surface area contributed by atoms with Gasteiger partial charge in [-0.15, -0.1) is 17.5 Å². The topological polar surface area (TPSA) is 97.8 Å². The maximum atomic E-state index is 5.51. The molecule has 1 aliphatic rings. The summed E-state index contributed by atoms with van der Waals surface area (Å²) in [4.78, 5) is 11.2. The highest BCUT2D eigenvalue weighted by Gasteiger charge is 2.27. The van der Waals surface area contributed by atoms with E-state index in [0.29, 0.717) is 17.4 Å². The first kappa shape index (κ1) is 19.4. The summed E-state index contributed by atoms with van der Waals surface area (Å²) >= 11 is 0. The SMILES string of the molecule is Cc1c(-c2nc(C3CNCCN3C)no2)nnn1-c1ccc2ncccc2c1.Cl. The summed E-state index contributed by atoms with van der Waals surface area (Å²) in [6.07, 6.45) is 1.78. The van der Waals surface area contributed by atoms with Crippen molar-refractivity contribution >= 4 is 23.3 Å². The molecule has 9 nitrogen and oxygen atoms in total. The molecular weight excluding hydrogens is 392 g/mol. The van der Waals surface area contributed by atoms with Crippen LogP contribution in [0.3, 0.4) is 0 Å². The molecule has 1 atom stereocenters. The van der Waals surface area contributed by atoms with Crippen molar-refractivity contribution in [2.24, 2.45) is 0 Å². The number of pyridine rings is 1. The number of hydrogen-bond acceptors (Lipinski definition) is 8. The van der Waals surface area contributed by atoms with Crippen LogP contribution < -0.4 is 5.32 Å². The van der Waals surface area contributed by atoms with Gasteiger partial charge in [-0.05, 0) is 38.2 Å². The van der Waals surface area contributed by atoms with Crippen molar-refractivity contribution in [1.29, 1.82) is 0 Å². The van der Waals surface area contributed by atoms with E-state index < -0.39 is 0 Å². The maximum absolute atomic E-state index is 5.51. The van der Waals surface area contributed by atoms with Gasteiger partial charge in [-0.2, -0.15) is 4.98 Å². The Morgan fingerprint density at radius 1 is 1.24 bits per heavy atom. The first-order chi connectivity index (χ1) is 13.7. The van der Waals surface area contributed by atoms with Crippen LogP contribution in [-0.2, 0) is 0 Å². The van der Waals surface area contributed by atoms with Crippen molar-refractivity contribution in [2.45, 2.75) is 13.0 Å². The normalized spacial score (nSPS) is 17.4. The number of nitrogens with one attached hydrogen (secondary N) is 1. The molecule has 1 N–H and O–H groups in total. The number of nitrogens with zero attached hydrogens (tertiary/aromatic N) is 7. The van der Waals surface area contributed by atoms with Gasteiger partial charge >= 0.3 is 0 Å². The smallest absolute Gasteiger partial charge is 0.280 e. The molecule has 29 heavy (non-hydrogen) atoms. The van der Waals surface area contributed by atoms with E-state index >= 15 is 0 Å². The molecule has 4 aromatic rings. The molecule has 1 aromatic carbocycles. The number of piperazine rings is 1. The molecule has 0 aliphatic carbocycles. The number of rotatable bonds is 3. The summed E-state index contributed by atoms with van der Waals surface area (Å²) in [6, 6.07) is 10.0. The molecule has 0 radical (unpaired) electrons. The third-order valence-corrected chi connectivity index (χ3v) is 5.18. The van der Waals surface area contributed by atoms with E-state index in [9.17, 15) is 0 Å². The molecule has 4 heterocycles. The fourth-order valence-corrected chi connectivity index (χ4v) is 3.53. The van der Waals surface area contributed by atoms with Gasteiger partial charge in [-0.3, -0.25) is 9.88 Å². The molecular formula is C19H21ClN8O. The molecule has 1 fully saturated rings. The van der Waals surface area contributed by atoms with E-state index in [1.165, 1.54) is 0 Å². The van der Waals surface area contributed by atoms with Gasteiger partial charge in [0.2, 0.25) is 0 Å². The molecule has 0 amide bonds. The molecule has 5 rings (SSSR count). The summed E-state index contributed by atoms with van der Waals surface area (Å²) in [5.74, 6) is 1.05. The predicted molar refractivity (Wildman–Crippen MR) is 110 cm³/mol. The van der Waals surface area contributed by atoms with E-state index in [-0.39, 0.29) is 18.4 Å². The van der Waals surface area contributed by atoms with Crippen LogP contribution in [0.15, 0.2) is 41.1 Å². The summed E-state index contributed by atoms with van der Waals surface area (Å²) in [7, 11) is 2.07. The van der Waals surface area contributed by atoms with Crippen molar-refractivity contribution in [3.63, 3.8) is 0 Å². The Labute approximate surface area is 173 Å². The van der Waals surface area contributed by atoms with Gasteiger partial charge in [0.05, 0.1) is 22.9 Å². The minimum absolute atomic E-state index is 0. The van der Waals surface area contributed by atoms with E-state index in [1.54, 1.807) is 10.9 Å². The lowest BCUT2D eigenvalue weighted by molar-refractivity contribution is 0.190. The van der Waals surface area contributed by atoms with Crippen molar-refractivity contribution < 1.29 is 4.52 Å². The van der Waals surface area contributed by atoms with Gasteiger partial charge in [0.15, 0.2) is 11.5 Å². The van der Waals surface area contributed by atoms with Gasteiger partial charge in [-0.25, -0.2) is 4.68 Å². The average Bonchev–Trinajstić information content (AvgIpc) is 3.35. The molecule has 0 saturated carbocycles. The Balaban J connectivity index is 0.00000205. The van der Waals surface area contributed by atoms with Crippen LogP contribution in [0.5, 0.6) is 0 Å². The number of benzene rings is 1. The minimum Gasteiger partial charge on any atom is -0.332 e. The van der Waals surface area contributed by atoms with Gasteiger partial charge in [0.1, 0.15) is 0 Å². The number of fused-ring (bicyclic) bond motifs is 1. The molecule has 1 unspecified atom stereocenters. The Bertz CT molecular complexity index is 1140. The molecule has 10 heteroatoms. The quantitative estimate of drug-likeness (QED) is 0.546. The highest BCUT2D eigenvalue weighted by atomic mass is 35.5. The van der Waals surface area contributed by atoms with E-state index in [0.717, 1.165) is 41.9 Å². The zero-order valence-electron chi connectivity index (χ0n) is 16.1. The van der Waals surface area contributed by atoms with Crippen LogP contribution in [0.2, 0.25) is 0 Å². The highest BCUT2D eigenvalue weighted by Crippen LogP contribution is 2.25. The number of aromatic nitrogens is 6. The third kappa shape index (κ3) is 3.48. The molecule has 150 valence electrons. The lowest BCUT2D eigenvalue weighted by Gasteiger charge is -2.30. The predicted octanol–water partition coefficient (Wildman–Crippen LogP) is 2.17. The number of halogens is 1. The first-order valence-electron chi connectivity index (χ1n) is 9.23. The molecule has 0 bridgehead atoms. The third-order valence-electron chi connectivity index (χ3n) is 5.18. The van der Waals surface area contributed by atoms with Crippen molar-refractivity contribution in [1.82, 2.24) is 40.3 Å². The molecule has 1 aliphatic heterocycles. The second kappa shape index (κ2) is 7.86. The Kier molecular flexibility index (Phi) is 5.27. The summed E-state index contributed by atoms with van der Waals surface area (Å²) in [6.45, 7) is 4.65. The second-order valence-corrected chi connectivity index (χ2v) is 6.97. The molecule has 0 spiro atoms. The van der Waals surface area contributed by atoms with Crippen LogP contribution in [0.25, 0.3) is 28.2 Å². The highest BCUT2D eigenvalue weighted by molar-refractivity contribution is 5.85. The van der Waals surface area contributed by atoms with E-state index in [1.807, 2.05) is 37.3 Å². The zero-order chi connectivity index (χ0) is 19.1. The standard InChI is InChI=1S/C19H20N8O.ClH/c1-12-17(19-22-18(24-28-19)16-11-20-8-9-26(16)2)23-25-27(12)14-5-6-15-13(10-14)4-3-7-21-15;/h3-7,10,16,20H,8-9,11H2,1-2H3;1H. The first-order valence-corrected chi connectivity index (χ1v) is 9.23. The Morgan fingerprint density at radius 2 is 2.14 bits per heavy atom. The lowest BCUT2D eigenvalue weighted by atomic mass is 10.2. The Morgan fingerprint density at radius 3 is 3.00 bits per heavy atom. The monoisotopic (exact) mass is 412 g/mol. The summed E-state index contributed by atoms with van der Waals surface area (Å²) in [5, 5.41) is 17.2. The van der Waals surface area contributed by atoms with Crippen LogP contribution >= 0.6 is 12.4 Å². The number of likely N-dealkylation sites (N-methyl/N-ethyl adjacent to an activating group) is 1.